The molecule has 0 aromatic heterocycles. The van der Waals surface area contributed by atoms with Gasteiger partial charge in [-0.25, -0.2) is 0 Å². The fraction of sp³-hybridized carbons (Fsp3) is 0.867. The molecule has 4 nitrogen and oxygen atoms in total. The Hall–Kier alpha value is -1.06. The summed E-state index contributed by atoms with van der Waals surface area (Å²) < 4.78 is 0. The van der Waals surface area contributed by atoms with E-state index in [2.05, 4.69) is 5.32 Å². The van der Waals surface area contributed by atoms with Crippen molar-refractivity contribution in [1.29, 1.82) is 0 Å². The van der Waals surface area contributed by atoms with Crippen molar-refractivity contribution in [2.24, 2.45) is 17.8 Å². The third-order valence-corrected chi connectivity index (χ3v) is 4.73. The van der Waals surface area contributed by atoms with E-state index in [1.807, 2.05) is 0 Å². The van der Waals surface area contributed by atoms with Gasteiger partial charge in [0, 0.05) is 12.5 Å². The zero-order valence-corrected chi connectivity index (χ0v) is 11.6. The third kappa shape index (κ3) is 4.22. The lowest BCUT2D eigenvalue weighted by Gasteiger charge is -2.21. The molecule has 0 saturated heterocycles. The summed E-state index contributed by atoms with van der Waals surface area (Å²) in [6, 6.07) is 0. The van der Waals surface area contributed by atoms with E-state index >= 15 is 0 Å². The largest absolute Gasteiger partial charge is 0.481 e. The van der Waals surface area contributed by atoms with E-state index in [1.165, 1.54) is 32.1 Å². The third-order valence-electron chi connectivity index (χ3n) is 4.73. The quantitative estimate of drug-likeness (QED) is 0.804. The average Bonchev–Trinajstić information content (AvgIpc) is 2.89. The summed E-state index contributed by atoms with van der Waals surface area (Å²) in [5, 5.41) is 11.9. The molecule has 0 aliphatic heterocycles. The summed E-state index contributed by atoms with van der Waals surface area (Å²) in [6.07, 6.45) is 9.62. The van der Waals surface area contributed by atoms with Crippen molar-refractivity contribution in [1.82, 2.24) is 5.32 Å². The summed E-state index contributed by atoms with van der Waals surface area (Å²) in [5.41, 5.74) is 0. The zero-order valence-electron chi connectivity index (χ0n) is 11.6. The number of nitrogens with one attached hydrogen (secondary N) is 1. The van der Waals surface area contributed by atoms with Gasteiger partial charge in [-0.3, -0.25) is 9.59 Å². The number of hydrogen-bond donors (Lipinski definition) is 2. The number of carboxylic acids is 1. The van der Waals surface area contributed by atoms with Crippen LogP contribution in [0, 0.1) is 17.8 Å². The summed E-state index contributed by atoms with van der Waals surface area (Å²) in [7, 11) is 0. The first-order valence-electron chi connectivity index (χ1n) is 7.67. The van der Waals surface area contributed by atoms with Crippen LogP contribution in [0.1, 0.15) is 57.8 Å². The Morgan fingerprint density at radius 1 is 1.00 bits per heavy atom. The first-order chi connectivity index (χ1) is 9.16. The monoisotopic (exact) mass is 267 g/mol. The van der Waals surface area contributed by atoms with Crippen molar-refractivity contribution in [2.75, 3.05) is 6.54 Å². The van der Waals surface area contributed by atoms with E-state index in [9.17, 15) is 9.59 Å². The highest BCUT2D eigenvalue weighted by atomic mass is 16.4. The van der Waals surface area contributed by atoms with Gasteiger partial charge in [-0.2, -0.15) is 0 Å². The van der Waals surface area contributed by atoms with Crippen molar-refractivity contribution >= 4 is 11.9 Å². The Bertz CT molecular complexity index is 323. The molecule has 2 aliphatic rings. The maximum atomic E-state index is 12.0. The molecule has 2 N–H and O–H groups in total. The van der Waals surface area contributed by atoms with E-state index in [4.69, 9.17) is 5.11 Å². The molecule has 19 heavy (non-hydrogen) atoms. The van der Waals surface area contributed by atoms with E-state index in [1.54, 1.807) is 0 Å². The minimum Gasteiger partial charge on any atom is -0.481 e. The molecule has 2 aliphatic carbocycles. The Kier molecular flexibility index (Phi) is 5.23. The molecule has 0 unspecified atom stereocenters. The molecule has 0 spiro atoms. The second-order valence-corrected chi connectivity index (χ2v) is 6.13. The Morgan fingerprint density at radius 2 is 1.68 bits per heavy atom. The van der Waals surface area contributed by atoms with Crippen LogP contribution in [0.3, 0.4) is 0 Å². The number of rotatable bonds is 5. The molecule has 2 saturated carbocycles. The van der Waals surface area contributed by atoms with Crippen molar-refractivity contribution in [3.8, 4) is 0 Å². The highest BCUT2D eigenvalue weighted by molar-refractivity contribution is 5.80. The Labute approximate surface area is 115 Å². The van der Waals surface area contributed by atoms with Crippen LogP contribution < -0.4 is 5.32 Å². The number of carboxylic acid groups (broad SMARTS) is 1. The molecule has 4 heteroatoms. The minimum atomic E-state index is -0.752. The van der Waals surface area contributed by atoms with E-state index in [0.717, 1.165) is 25.3 Å². The highest BCUT2D eigenvalue weighted by Crippen LogP contribution is 2.31. The van der Waals surface area contributed by atoms with Gasteiger partial charge in [-0.05, 0) is 31.6 Å². The standard InChI is InChI=1S/C15H25NO3/c17-14(12-6-7-13(10-12)15(18)19)16-9-8-11-4-2-1-3-5-11/h11-13H,1-10H2,(H,16,17)(H,18,19)/t12-,13+/m1/s1. The summed E-state index contributed by atoms with van der Waals surface area (Å²) in [4.78, 5) is 22.8. The van der Waals surface area contributed by atoms with Gasteiger partial charge in [0.05, 0.1) is 5.92 Å². The van der Waals surface area contributed by atoms with Crippen molar-refractivity contribution in [3.63, 3.8) is 0 Å². The highest BCUT2D eigenvalue weighted by Gasteiger charge is 2.33. The van der Waals surface area contributed by atoms with Crippen LogP contribution in [-0.4, -0.2) is 23.5 Å². The van der Waals surface area contributed by atoms with Gasteiger partial charge in [0.25, 0.3) is 0 Å². The van der Waals surface area contributed by atoms with Crippen LogP contribution in [0.25, 0.3) is 0 Å². The van der Waals surface area contributed by atoms with Crippen LogP contribution in [0.15, 0.2) is 0 Å². The summed E-state index contributed by atoms with van der Waals surface area (Å²) in [5.74, 6) is -0.289. The van der Waals surface area contributed by atoms with E-state index in [0.29, 0.717) is 12.8 Å². The van der Waals surface area contributed by atoms with Crippen molar-refractivity contribution in [3.05, 3.63) is 0 Å². The number of amides is 1. The van der Waals surface area contributed by atoms with Crippen LogP contribution in [0.2, 0.25) is 0 Å². The van der Waals surface area contributed by atoms with Crippen LogP contribution >= 0.6 is 0 Å². The predicted molar refractivity (Wildman–Crippen MR) is 72.7 cm³/mol. The summed E-state index contributed by atoms with van der Waals surface area (Å²) in [6.45, 7) is 0.762. The zero-order chi connectivity index (χ0) is 13.7. The lowest BCUT2D eigenvalue weighted by molar-refractivity contribution is -0.141. The van der Waals surface area contributed by atoms with Crippen LogP contribution in [0.5, 0.6) is 0 Å². The maximum Gasteiger partial charge on any atom is 0.306 e. The molecule has 0 aromatic rings. The number of hydrogen-bond acceptors (Lipinski definition) is 2. The number of aliphatic carboxylic acids is 1. The molecule has 1 amide bonds. The Morgan fingerprint density at radius 3 is 2.32 bits per heavy atom. The van der Waals surface area contributed by atoms with Crippen LogP contribution in [0.4, 0.5) is 0 Å². The maximum absolute atomic E-state index is 12.0. The van der Waals surface area contributed by atoms with E-state index in [-0.39, 0.29) is 17.7 Å². The van der Waals surface area contributed by atoms with Gasteiger partial charge in [0.1, 0.15) is 0 Å². The Balaban J connectivity index is 1.63. The van der Waals surface area contributed by atoms with Gasteiger partial charge >= 0.3 is 5.97 Å². The SMILES string of the molecule is O=C(O)[C@H]1CC[C@@H](C(=O)NCCC2CCCCC2)C1. The topological polar surface area (TPSA) is 66.4 Å². The van der Waals surface area contributed by atoms with Crippen LogP contribution in [-0.2, 0) is 9.59 Å². The van der Waals surface area contributed by atoms with Crippen molar-refractivity contribution in [2.45, 2.75) is 57.8 Å². The fourth-order valence-electron chi connectivity index (χ4n) is 3.46. The number of carbonyl (C=O) groups is 2. The van der Waals surface area contributed by atoms with Gasteiger partial charge in [0.15, 0.2) is 0 Å². The normalized spacial score (nSPS) is 28.2. The molecule has 0 aromatic carbocycles. The lowest BCUT2D eigenvalue weighted by Crippen LogP contribution is -2.31. The molecule has 2 rings (SSSR count). The second-order valence-electron chi connectivity index (χ2n) is 6.13. The summed E-state index contributed by atoms with van der Waals surface area (Å²) >= 11 is 0. The molecular weight excluding hydrogens is 242 g/mol. The molecule has 0 bridgehead atoms. The van der Waals surface area contributed by atoms with E-state index < -0.39 is 5.97 Å². The fourth-order valence-corrected chi connectivity index (χ4v) is 3.46. The second kappa shape index (κ2) is 6.92. The first kappa shape index (κ1) is 14.4. The van der Waals surface area contributed by atoms with Gasteiger partial charge < -0.3 is 10.4 Å². The molecule has 2 fully saturated rings. The predicted octanol–water partition coefficient (Wildman–Crippen LogP) is 2.57. The minimum absolute atomic E-state index is 0.0690. The number of carbonyl (C=O) groups excluding carboxylic acids is 1. The smallest absolute Gasteiger partial charge is 0.306 e. The molecule has 0 radical (unpaired) electrons. The molecule has 2 atom stereocenters. The average molecular weight is 267 g/mol. The molecule has 108 valence electrons. The molecule has 0 heterocycles. The lowest BCUT2D eigenvalue weighted by atomic mass is 9.87. The van der Waals surface area contributed by atoms with Gasteiger partial charge in [-0.15, -0.1) is 0 Å². The molecular formula is C15H25NO3. The van der Waals surface area contributed by atoms with Gasteiger partial charge in [-0.1, -0.05) is 32.1 Å². The van der Waals surface area contributed by atoms with Gasteiger partial charge in [0.2, 0.25) is 5.91 Å². The van der Waals surface area contributed by atoms with Crippen molar-refractivity contribution < 1.29 is 14.7 Å². The first-order valence-corrected chi connectivity index (χ1v) is 7.67.